The number of carbonyl (C=O) groups is 1. The Labute approximate surface area is 135 Å². The molecule has 0 fully saturated rings. The van der Waals surface area contributed by atoms with E-state index in [1.165, 1.54) is 18.2 Å². The number of hydrogen-bond acceptors (Lipinski definition) is 3. The third-order valence-corrected chi connectivity index (χ3v) is 3.91. The van der Waals surface area contributed by atoms with Crippen molar-refractivity contribution in [2.24, 2.45) is 0 Å². The Morgan fingerprint density at radius 3 is 2.38 bits per heavy atom. The maximum absolute atomic E-state index is 12.3. The molecule has 21 heavy (non-hydrogen) atoms. The number of ether oxygens (including phenoxy) is 1. The van der Waals surface area contributed by atoms with Crippen molar-refractivity contribution in [1.82, 2.24) is 0 Å². The van der Waals surface area contributed by atoms with Crippen molar-refractivity contribution in [2.75, 3.05) is 0 Å². The normalized spacial score (nSPS) is 15.2. The highest BCUT2D eigenvalue weighted by Crippen LogP contribution is 2.41. The molecular formula is C15H7Cl3O3. The molecule has 3 nitrogen and oxygen atoms in total. The van der Waals surface area contributed by atoms with Crippen LogP contribution in [0, 0.1) is 0 Å². The summed E-state index contributed by atoms with van der Waals surface area (Å²) < 4.78 is 5.49. The summed E-state index contributed by atoms with van der Waals surface area (Å²) in [7, 11) is 0. The zero-order valence-corrected chi connectivity index (χ0v) is 12.6. The van der Waals surface area contributed by atoms with Gasteiger partial charge in [-0.05, 0) is 35.9 Å². The number of halogens is 3. The summed E-state index contributed by atoms with van der Waals surface area (Å²) in [6.45, 7) is 0. The van der Waals surface area contributed by atoms with Crippen LogP contribution in [-0.2, 0) is 0 Å². The first kappa shape index (κ1) is 14.3. The van der Waals surface area contributed by atoms with Gasteiger partial charge in [0.1, 0.15) is 5.75 Å². The molecule has 3 rings (SSSR count). The van der Waals surface area contributed by atoms with E-state index in [0.29, 0.717) is 10.6 Å². The van der Waals surface area contributed by atoms with Crippen molar-refractivity contribution in [3.8, 4) is 11.5 Å². The minimum Gasteiger partial charge on any atom is -0.506 e. The van der Waals surface area contributed by atoms with Gasteiger partial charge in [0.15, 0.2) is 11.5 Å². The Bertz CT molecular complexity index is 797. The molecule has 1 aliphatic rings. The second-order valence-corrected chi connectivity index (χ2v) is 5.61. The highest BCUT2D eigenvalue weighted by atomic mass is 35.5. The number of rotatable bonds is 1. The zero-order valence-electron chi connectivity index (χ0n) is 10.4. The van der Waals surface area contributed by atoms with E-state index in [-0.39, 0.29) is 38.7 Å². The first-order valence-electron chi connectivity index (χ1n) is 5.88. The van der Waals surface area contributed by atoms with Crippen LogP contribution in [0.2, 0.25) is 15.1 Å². The van der Waals surface area contributed by atoms with Crippen LogP contribution in [-0.4, -0.2) is 10.9 Å². The van der Waals surface area contributed by atoms with Gasteiger partial charge in [0.25, 0.3) is 0 Å². The SMILES string of the molecule is O=C1C(=Cc2ccc(O)c(Cl)c2)Oc2c(Cl)ccc(Cl)c21. The summed E-state index contributed by atoms with van der Waals surface area (Å²) in [5.74, 6) is -0.0272. The van der Waals surface area contributed by atoms with Gasteiger partial charge in [-0.3, -0.25) is 4.79 Å². The highest BCUT2D eigenvalue weighted by Gasteiger charge is 2.31. The lowest BCUT2D eigenvalue weighted by Gasteiger charge is -2.02. The number of phenols is 1. The number of carbonyl (C=O) groups excluding carboxylic acids is 1. The zero-order chi connectivity index (χ0) is 15.1. The monoisotopic (exact) mass is 340 g/mol. The largest absolute Gasteiger partial charge is 0.506 e. The summed E-state index contributed by atoms with van der Waals surface area (Å²) in [5, 5.41) is 10.2. The number of benzene rings is 2. The van der Waals surface area contributed by atoms with Crippen LogP contribution in [0.4, 0.5) is 0 Å². The summed E-state index contributed by atoms with van der Waals surface area (Å²) >= 11 is 17.8. The lowest BCUT2D eigenvalue weighted by molar-refractivity contribution is 0.101. The van der Waals surface area contributed by atoms with Crippen LogP contribution in [0.1, 0.15) is 15.9 Å². The lowest BCUT2D eigenvalue weighted by atomic mass is 10.1. The smallest absolute Gasteiger partial charge is 0.233 e. The van der Waals surface area contributed by atoms with Crippen molar-refractivity contribution in [3.63, 3.8) is 0 Å². The van der Waals surface area contributed by atoms with Gasteiger partial charge in [0.2, 0.25) is 5.78 Å². The number of Topliss-reactive ketones (excluding diaryl/α,β-unsaturated/α-hetero) is 1. The average molecular weight is 342 g/mol. The average Bonchev–Trinajstić information content (AvgIpc) is 2.77. The Morgan fingerprint density at radius 1 is 1.00 bits per heavy atom. The molecular weight excluding hydrogens is 335 g/mol. The molecule has 0 unspecified atom stereocenters. The van der Waals surface area contributed by atoms with Crippen LogP contribution in [0.15, 0.2) is 36.1 Å². The Kier molecular flexibility index (Phi) is 3.57. The van der Waals surface area contributed by atoms with Gasteiger partial charge < -0.3 is 9.84 Å². The fourth-order valence-corrected chi connectivity index (χ4v) is 2.60. The van der Waals surface area contributed by atoms with Crippen LogP contribution < -0.4 is 4.74 Å². The van der Waals surface area contributed by atoms with Gasteiger partial charge in [0.05, 0.1) is 20.6 Å². The number of ketones is 1. The van der Waals surface area contributed by atoms with Crippen molar-refractivity contribution in [2.45, 2.75) is 0 Å². The molecule has 0 amide bonds. The summed E-state index contributed by atoms with van der Waals surface area (Å²) in [6, 6.07) is 7.67. The first-order valence-corrected chi connectivity index (χ1v) is 7.01. The van der Waals surface area contributed by atoms with Gasteiger partial charge in [0, 0.05) is 0 Å². The van der Waals surface area contributed by atoms with Crippen molar-refractivity contribution in [1.29, 1.82) is 0 Å². The Balaban J connectivity index is 2.05. The maximum Gasteiger partial charge on any atom is 0.233 e. The number of allylic oxidation sites excluding steroid dienone is 1. The maximum atomic E-state index is 12.3. The molecule has 1 aliphatic heterocycles. The predicted octanol–water partition coefficient (Wildman–Crippen LogP) is 4.97. The number of aromatic hydroxyl groups is 1. The topological polar surface area (TPSA) is 46.5 Å². The van der Waals surface area contributed by atoms with Crippen molar-refractivity contribution < 1.29 is 14.6 Å². The molecule has 0 aliphatic carbocycles. The van der Waals surface area contributed by atoms with Gasteiger partial charge in [-0.2, -0.15) is 0 Å². The summed E-state index contributed by atoms with van der Waals surface area (Å²) in [5.41, 5.74) is 0.862. The standard InChI is InChI=1S/C15H7Cl3O3/c16-8-2-3-9(17)15-13(8)14(20)12(21-15)6-7-1-4-11(19)10(18)5-7/h1-6,19H. The minimum atomic E-state index is -0.346. The van der Waals surface area contributed by atoms with Crippen molar-refractivity contribution >= 4 is 46.7 Å². The fraction of sp³-hybridized carbons (Fsp3) is 0. The van der Waals surface area contributed by atoms with E-state index in [9.17, 15) is 9.90 Å². The molecule has 0 saturated heterocycles. The van der Waals surface area contributed by atoms with E-state index >= 15 is 0 Å². The lowest BCUT2D eigenvalue weighted by Crippen LogP contribution is -1.98. The molecule has 0 spiro atoms. The molecule has 0 radical (unpaired) electrons. The van der Waals surface area contributed by atoms with E-state index in [0.717, 1.165) is 0 Å². The quantitative estimate of drug-likeness (QED) is 0.745. The molecule has 6 heteroatoms. The van der Waals surface area contributed by atoms with E-state index in [4.69, 9.17) is 39.5 Å². The summed E-state index contributed by atoms with van der Waals surface area (Å²) in [6.07, 6.45) is 1.51. The fourth-order valence-electron chi connectivity index (χ4n) is 1.98. The van der Waals surface area contributed by atoms with Gasteiger partial charge >= 0.3 is 0 Å². The second kappa shape index (κ2) is 5.26. The summed E-state index contributed by atoms with van der Waals surface area (Å²) in [4.78, 5) is 12.3. The first-order chi connectivity index (χ1) is 9.97. The third-order valence-electron chi connectivity index (χ3n) is 2.99. The van der Waals surface area contributed by atoms with E-state index in [1.807, 2.05) is 0 Å². The van der Waals surface area contributed by atoms with E-state index < -0.39 is 0 Å². The van der Waals surface area contributed by atoms with Gasteiger partial charge in [-0.15, -0.1) is 0 Å². The second-order valence-electron chi connectivity index (χ2n) is 4.38. The van der Waals surface area contributed by atoms with Gasteiger partial charge in [-0.1, -0.05) is 40.9 Å². The minimum absolute atomic E-state index is 0.0353. The van der Waals surface area contributed by atoms with Crippen LogP contribution in [0.25, 0.3) is 6.08 Å². The van der Waals surface area contributed by atoms with E-state index in [1.54, 1.807) is 18.2 Å². The number of phenolic OH excluding ortho intramolecular Hbond substituents is 1. The molecule has 0 bridgehead atoms. The molecule has 0 aromatic heterocycles. The number of fused-ring (bicyclic) bond motifs is 1. The molecule has 106 valence electrons. The molecule has 2 aromatic carbocycles. The van der Waals surface area contributed by atoms with Gasteiger partial charge in [-0.25, -0.2) is 0 Å². The van der Waals surface area contributed by atoms with E-state index in [2.05, 4.69) is 0 Å². The predicted molar refractivity (Wildman–Crippen MR) is 82.5 cm³/mol. The highest BCUT2D eigenvalue weighted by molar-refractivity contribution is 6.39. The van der Waals surface area contributed by atoms with Crippen LogP contribution in [0.3, 0.4) is 0 Å². The van der Waals surface area contributed by atoms with Crippen LogP contribution >= 0.6 is 34.8 Å². The Hall–Kier alpha value is -1.68. The molecule has 2 aromatic rings. The molecule has 0 atom stereocenters. The Morgan fingerprint density at radius 2 is 1.71 bits per heavy atom. The number of hydrogen-bond donors (Lipinski definition) is 1. The van der Waals surface area contributed by atoms with Crippen LogP contribution in [0.5, 0.6) is 11.5 Å². The molecule has 0 saturated carbocycles. The third kappa shape index (κ3) is 2.48. The molecule has 1 N–H and O–H groups in total. The molecule has 1 heterocycles. The van der Waals surface area contributed by atoms with Crippen molar-refractivity contribution in [3.05, 3.63) is 62.3 Å².